The molecular weight excluding hydrogens is 403 g/mol. The van der Waals surface area contributed by atoms with Crippen LogP contribution in [-0.4, -0.2) is 28.7 Å². The van der Waals surface area contributed by atoms with Crippen molar-refractivity contribution in [2.45, 2.75) is 19.6 Å². The van der Waals surface area contributed by atoms with Crippen molar-refractivity contribution in [3.05, 3.63) is 68.7 Å². The summed E-state index contributed by atoms with van der Waals surface area (Å²) < 4.78 is 31.8. The third-order valence-corrected chi connectivity index (χ3v) is 4.81. The van der Waals surface area contributed by atoms with Crippen LogP contribution in [0, 0.1) is 11.6 Å². The number of carbonyl (C=O) groups excluding carboxylic acids is 3. The molecule has 5 nitrogen and oxygen atoms in total. The zero-order valence-corrected chi connectivity index (χ0v) is 15.3. The molecule has 0 unspecified atom stereocenters. The number of benzene rings is 2. The van der Waals surface area contributed by atoms with Gasteiger partial charge in [0.2, 0.25) is 0 Å². The van der Waals surface area contributed by atoms with E-state index in [0.29, 0.717) is 4.90 Å². The van der Waals surface area contributed by atoms with Crippen molar-refractivity contribution < 1.29 is 27.9 Å². The van der Waals surface area contributed by atoms with Crippen molar-refractivity contribution in [2.75, 3.05) is 0 Å². The largest absolute Gasteiger partial charge is 0.459 e. The van der Waals surface area contributed by atoms with Gasteiger partial charge >= 0.3 is 5.97 Å². The Morgan fingerprint density at radius 3 is 2.22 bits per heavy atom. The van der Waals surface area contributed by atoms with Crippen molar-refractivity contribution in [2.24, 2.45) is 0 Å². The van der Waals surface area contributed by atoms with Gasteiger partial charge in [0, 0.05) is 5.56 Å². The molecule has 0 aliphatic carbocycles. The van der Waals surface area contributed by atoms with Crippen molar-refractivity contribution in [3.8, 4) is 0 Å². The van der Waals surface area contributed by atoms with E-state index in [2.05, 4.69) is 0 Å². The van der Waals surface area contributed by atoms with Crippen LogP contribution < -0.4 is 0 Å². The van der Waals surface area contributed by atoms with Crippen LogP contribution in [-0.2, 0) is 16.1 Å². The third-order valence-electron chi connectivity index (χ3n) is 4.09. The van der Waals surface area contributed by atoms with Crippen LogP contribution in [0.5, 0.6) is 0 Å². The van der Waals surface area contributed by atoms with Gasteiger partial charge in [0.15, 0.2) is 11.6 Å². The molecule has 27 heavy (non-hydrogen) atoms. The van der Waals surface area contributed by atoms with Gasteiger partial charge in [-0.05, 0) is 25.1 Å². The van der Waals surface area contributed by atoms with Crippen LogP contribution in [0.15, 0.2) is 30.3 Å². The molecule has 1 atom stereocenters. The van der Waals surface area contributed by atoms with E-state index in [4.69, 9.17) is 27.9 Å². The van der Waals surface area contributed by atoms with Gasteiger partial charge in [0.25, 0.3) is 11.8 Å². The number of amides is 2. The first-order valence-electron chi connectivity index (χ1n) is 7.68. The summed E-state index contributed by atoms with van der Waals surface area (Å²) in [6, 6.07) is 4.66. The SMILES string of the molecule is C[C@@H](C(=O)OCc1cccc(F)c1F)N1C(=O)c2cc(Cl)c(Cl)cc2C1=O. The molecule has 1 aliphatic rings. The van der Waals surface area contributed by atoms with Crippen molar-refractivity contribution in [1.29, 1.82) is 0 Å². The summed E-state index contributed by atoms with van der Waals surface area (Å²) in [4.78, 5) is 37.9. The van der Waals surface area contributed by atoms with Crippen LogP contribution in [0.1, 0.15) is 33.2 Å². The minimum absolute atomic E-state index is 0.0187. The molecule has 2 aromatic carbocycles. The second kappa shape index (κ2) is 7.25. The molecule has 1 heterocycles. The number of rotatable bonds is 4. The molecule has 0 bridgehead atoms. The summed E-state index contributed by atoms with van der Waals surface area (Å²) in [6.07, 6.45) is 0. The summed E-state index contributed by atoms with van der Waals surface area (Å²) in [5, 5.41) is 0.186. The van der Waals surface area contributed by atoms with Gasteiger partial charge < -0.3 is 4.74 Å². The van der Waals surface area contributed by atoms with Crippen molar-refractivity contribution in [1.82, 2.24) is 4.90 Å². The molecule has 1 aliphatic heterocycles. The molecule has 2 amide bonds. The highest BCUT2D eigenvalue weighted by molar-refractivity contribution is 6.43. The normalized spacial score (nSPS) is 14.3. The number of ether oxygens (including phenoxy) is 1. The van der Waals surface area contributed by atoms with E-state index >= 15 is 0 Å². The maximum atomic E-state index is 13.6. The Morgan fingerprint density at radius 1 is 1.11 bits per heavy atom. The molecule has 3 rings (SSSR count). The highest BCUT2D eigenvalue weighted by atomic mass is 35.5. The monoisotopic (exact) mass is 413 g/mol. The highest BCUT2D eigenvalue weighted by Gasteiger charge is 2.42. The van der Waals surface area contributed by atoms with E-state index in [0.717, 1.165) is 6.07 Å². The molecule has 0 fully saturated rings. The minimum atomic E-state index is -1.29. The summed E-state index contributed by atoms with van der Waals surface area (Å²) in [5.41, 5.74) is -0.132. The van der Waals surface area contributed by atoms with Crippen LogP contribution in [0.3, 0.4) is 0 Å². The Kier molecular flexibility index (Phi) is 5.17. The van der Waals surface area contributed by atoms with Gasteiger partial charge in [-0.25, -0.2) is 13.6 Å². The van der Waals surface area contributed by atoms with E-state index in [1.165, 1.54) is 31.2 Å². The molecule has 2 aromatic rings. The molecule has 0 N–H and O–H groups in total. The number of nitrogens with zero attached hydrogens (tertiary/aromatic N) is 1. The third kappa shape index (κ3) is 3.40. The van der Waals surface area contributed by atoms with E-state index in [1.807, 2.05) is 0 Å². The fourth-order valence-electron chi connectivity index (χ4n) is 2.64. The number of imide groups is 1. The summed E-state index contributed by atoms with van der Waals surface area (Å²) in [5.74, 6) is -4.62. The maximum Gasteiger partial charge on any atom is 0.329 e. The second-order valence-electron chi connectivity index (χ2n) is 5.79. The predicted molar refractivity (Wildman–Crippen MR) is 92.6 cm³/mol. The van der Waals surface area contributed by atoms with Crippen LogP contribution in [0.25, 0.3) is 0 Å². The lowest BCUT2D eigenvalue weighted by molar-refractivity contribution is -0.149. The van der Waals surface area contributed by atoms with Gasteiger partial charge in [-0.15, -0.1) is 0 Å². The predicted octanol–water partition coefficient (Wildman–Crippen LogP) is 4.00. The van der Waals surface area contributed by atoms with Gasteiger partial charge in [0.05, 0.1) is 21.2 Å². The topological polar surface area (TPSA) is 63.7 Å². The van der Waals surface area contributed by atoms with Crippen molar-refractivity contribution in [3.63, 3.8) is 0 Å². The van der Waals surface area contributed by atoms with E-state index in [1.54, 1.807) is 0 Å². The maximum absolute atomic E-state index is 13.6. The average molecular weight is 414 g/mol. The number of esters is 1. The zero-order chi connectivity index (χ0) is 19.9. The lowest BCUT2D eigenvalue weighted by Gasteiger charge is -2.21. The lowest BCUT2D eigenvalue weighted by atomic mass is 10.1. The fraction of sp³-hybridized carbons (Fsp3) is 0.167. The summed E-state index contributed by atoms with van der Waals surface area (Å²) >= 11 is 11.7. The molecular formula is C18H11Cl2F2NO4. The average Bonchev–Trinajstić information content (AvgIpc) is 2.86. The standard InChI is InChI=1S/C18H11Cl2F2NO4/c1-8(18(26)27-7-9-3-2-4-14(21)15(9)22)23-16(24)10-5-12(19)13(20)6-11(10)17(23)25/h2-6,8H,7H2,1H3/t8-/m0/s1. The van der Waals surface area contributed by atoms with E-state index < -0.39 is 42.1 Å². The Balaban J connectivity index is 1.76. The molecule has 0 saturated heterocycles. The van der Waals surface area contributed by atoms with Gasteiger partial charge in [-0.1, -0.05) is 35.3 Å². The number of carbonyl (C=O) groups is 3. The minimum Gasteiger partial charge on any atom is -0.459 e. The smallest absolute Gasteiger partial charge is 0.329 e. The number of hydrogen-bond donors (Lipinski definition) is 0. The summed E-state index contributed by atoms with van der Waals surface area (Å²) in [6.45, 7) is 0.739. The van der Waals surface area contributed by atoms with Gasteiger partial charge in [-0.3, -0.25) is 14.5 Å². The highest BCUT2D eigenvalue weighted by Crippen LogP contribution is 2.32. The summed E-state index contributed by atoms with van der Waals surface area (Å²) in [7, 11) is 0. The zero-order valence-electron chi connectivity index (χ0n) is 13.8. The fourth-order valence-corrected chi connectivity index (χ4v) is 2.97. The van der Waals surface area contributed by atoms with Crippen LogP contribution in [0.2, 0.25) is 10.0 Å². The van der Waals surface area contributed by atoms with Crippen LogP contribution in [0.4, 0.5) is 8.78 Å². The first-order chi connectivity index (χ1) is 12.7. The Bertz CT molecular complexity index is 939. The van der Waals surface area contributed by atoms with Gasteiger partial charge in [0.1, 0.15) is 12.6 Å². The molecule has 0 saturated carbocycles. The van der Waals surface area contributed by atoms with Gasteiger partial charge in [-0.2, -0.15) is 0 Å². The molecule has 9 heteroatoms. The second-order valence-corrected chi connectivity index (χ2v) is 6.60. The lowest BCUT2D eigenvalue weighted by Crippen LogP contribution is -2.43. The molecule has 140 valence electrons. The Morgan fingerprint density at radius 2 is 1.67 bits per heavy atom. The van der Waals surface area contributed by atoms with Crippen LogP contribution >= 0.6 is 23.2 Å². The first kappa shape index (κ1) is 19.3. The first-order valence-corrected chi connectivity index (χ1v) is 8.44. The molecule has 0 aromatic heterocycles. The number of hydrogen-bond acceptors (Lipinski definition) is 4. The molecule has 0 spiro atoms. The molecule has 0 radical (unpaired) electrons. The Labute approximate surface area is 162 Å². The Hall–Kier alpha value is -2.51. The van der Waals surface area contributed by atoms with E-state index in [-0.39, 0.29) is 26.7 Å². The number of halogens is 4. The number of fused-ring (bicyclic) bond motifs is 1. The quantitative estimate of drug-likeness (QED) is 0.561. The van der Waals surface area contributed by atoms with E-state index in [9.17, 15) is 23.2 Å². The van der Waals surface area contributed by atoms with Crippen molar-refractivity contribution >= 4 is 41.0 Å².